The highest BCUT2D eigenvalue weighted by Gasteiger charge is 2.28. The molecule has 0 aromatic carbocycles. The second-order valence-electron chi connectivity index (χ2n) is 6.36. The Kier molecular flexibility index (Phi) is 4.07. The molecule has 0 unspecified atom stereocenters. The third-order valence-corrected chi connectivity index (χ3v) is 4.82. The number of amides is 1. The lowest BCUT2D eigenvalue weighted by molar-refractivity contribution is -0.133. The largest absolute Gasteiger partial charge is 0.467 e. The molecule has 1 amide bonds. The van der Waals surface area contributed by atoms with E-state index in [-0.39, 0.29) is 11.9 Å². The van der Waals surface area contributed by atoms with Gasteiger partial charge in [0.2, 0.25) is 5.91 Å². The molecule has 1 N–H and O–H groups in total. The zero-order valence-corrected chi connectivity index (χ0v) is 13.6. The fourth-order valence-electron chi connectivity index (χ4n) is 3.61. The van der Waals surface area contributed by atoms with Gasteiger partial charge in [0.1, 0.15) is 11.4 Å². The number of nitrogens with one attached hydrogen (secondary N) is 1. The molecule has 3 aromatic rings. The number of rotatable bonds is 3. The van der Waals surface area contributed by atoms with Gasteiger partial charge in [-0.1, -0.05) is 12.8 Å². The van der Waals surface area contributed by atoms with Crippen LogP contribution >= 0.6 is 0 Å². The molecule has 24 heavy (non-hydrogen) atoms. The minimum Gasteiger partial charge on any atom is -0.467 e. The molecule has 4 heterocycles. The van der Waals surface area contributed by atoms with Crippen molar-refractivity contribution in [2.24, 2.45) is 0 Å². The molecule has 1 aliphatic rings. The van der Waals surface area contributed by atoms with Crippen molar-refractivity contribution in [1.29, 1.82) is 0 Å². The highest BCUT2D eigenvalue weighted by molar-refractivity contribution is 5.87. The van der Waals surface area contributed by atoms with Crippen LogP contribution in [0.15, 0.2) is 47.3 Å². The summed E-state index contributed by atoms with van der Waals surface area (Å²) in [7, 11) is 0. The highest BCUT2D eigenvalue weighted by Crippen LogP contribution is 2.31. The molecule has 1 fully saturated rings. The molecule has 4 rings (SSSR count). The molecule has 5 nitrogen and oxygen atoms in total. The Morgan fingerprint density at radius 3 is 3.12 bits per heavy atom. The van der Waals surface area contributed by atoms with Crippen molar-refractivity contribution in [3.63, 3.8) is 0 Å². The van der Waals surface area contributed by atoms with E-state index in [0.29, 0.717) is 6.42 Å². The highest BCUT2D eigenvalue weighted by atomic mass is 16.3. The van der Waals surface area contributed by atoms with Crippen molar-refractivity contribution in [2.75, 3.05) is 6.54 Å². The summed E-state index contributed by atoms with van der Waals surface area (Å²) in [5.41, 5.74) is 1.84. The average Bonchev–Trinajstić information content (AvgIpc) is 3.20. The number of carbonyl (C=O) groups excluding carboxylic acids is 1. The van der Waals surface area contributed by atoms with Crippen molar-refractivity contribution >= 4 is 16.9 Å². The van der Waals surface area contributed by atoms with E-state index in [1.54, 1.807) is 12.5 Å². The fraction of sp³-hybridized carbons (Fsp3) is 0.368. The summed E-state index contributed by atoms with van der Waals surface area (Å²) in [6.45, 7) is 0.796. The number of carbonyl (C=O) groups is 1. The predicted octanol–water partition coefficient (Wildman–Crippen LogP) is 3.84. The Hall–Kier alpha value is -2.56. The Morgan fingerprint density at radius 2 is 2.25 bits per heavy atom. The maximum Gasteiger partial charge on any atom is 0.227 e. The van der Waals surface area contributed by atoms with Gasteiger partial charge in [-0.15, -0.1) is 0 Å². The van der Waals surface area contributed by atoms with Crippen LogP contribution in [0.1, 0.15) is 43.0 Å². The number of hydrogen-bond donors (Lipinski definition) is 1. The van der Waals surface area contributed by atoms with Gasteiger partial charge in [-0.3, -0.25) is 4.79 Å². The summed E-state index contributed by atoms with van der Waals surface area (Å²) in [5, 5.41) is 1.02. The molecule has 1 atom stereocenters. The van der Waals surface area contributed by atoms with Gasteiger partial charge in [0.05, 0.1) is 18.7 Å². The first-order chi connectivity index (χ1) is 11.8. The van der Waals surface area contributed by atoms with Crippen molar-refractivity contribution in [2.45, 2.75) is 38.1 Å². The normalized spacial score (nSPS) is 18.7. The minimum atomic E-state index is 0.0540. The minimum absolute atomic E-state index is 0.0540. The SMILES string of the molecule is O=C(Cc1c[nH]c2ncccc12)N1CCCCC[C@H]1c1ccco1. The van der Waals surface area contributed by atoms with Crippen molar-refractivity contribution in [1.82, 2.24) is 14.9 Å². The van der Waals surface area contributed by atoms with Gasteiger partial charge in [0.15, 0.2) is 0 Å². The van der Waals surface area contributed by atoms with Gasteiger partial charge < -0.3 is 14.3 Å². The number of likely N-dealkylation sites (tertiary alicyclic amines) is 1. The van der Waals surface area contributed by atoms with Crippen LogP contribution in [-0.2, 0) is 11.2 Å². The number of nitrogens with zero attached hydrogens (tertiary/aromatic N) is 2. The summed E-state index contributed by atoms with van der Waals surface area (Å²) in [5.74, 6) is 1.05. The van der Waals surface area contributed by atoms with Gasteiger partial charge in [0, 0.05) is 24.3 Å². The van der Waals surface area contributed by atoms with Crippen molar-refractivity contribution in [3.05, 3.63) is 54.2 Å². The number of pyridine rings is 1. The van der Waals surface area contributed by atoms with E-state index in [1.807, 2.05) is 35.4 Å². The van der Waals surface area contributed by atoms with E-state index in [0.717, 1.165) is 54.6 Å². The third kappa shape index (κ3) is 2.82. The lowest BCUT2D eigenvalue weighted by Crippen LogP contribution is -2.35. The van der Waals surface area contributed by atoms with Crippen LogP contribution in [0, 0.1) is 0 Å². The van der Waals surface area contributed by atoms with Crippen LogP contribution in [0.5, 0.6) is 0 Å². The van der Waals surface area contributed by atoms with Crippen LogP contribution in [0.2, 0.25) is 0 Å². The average molecular weight is 323 g/mol. The van der Waals surface area contributed by atoms with E-state index < -0.39 is 0 Å². The third-order valence-electron chi connectivity index (χ3n) is 4.82. The number of hydrogen-bond acceptors (Lipinski definition) is 3. The molecule has 0 aliphatic carbocycles. The van der Waals surface area contributed by atoms with Gasteiger partial charge in [-0.2, -0.15) is 0 Å². The van der Waals surface area contributed by atoms with E-state index in [2.05, 4.69) is 9.97 Å². The maximum atomic E-state index is 13.0. The fourth-order valence-corrected chi connectivity index (χ4v) is 3.61. The molecule has 1 aliphatic heterocycles. The first-order valence-electron chi connectivity index (χ1n) is 8.57. The smallest absolute Gasteiger partial charge is 0.227 e. The van der Waals surface area contributed by atoms with Gasteiger partial charge in [-0.25, -0.2) is 4.98 Å². The van der Waals surface area contributed by atoms with Crippen molar-refractivity contribution in [3.8, 4) is 0 Å². The summed E-state index contributed by atoms with van der Waals surface area (Å²) in [6, 6.07) is 7.84. The lowest BCUT2D eigenvalue weighted by Gasteiger charge is -2.28. The van der Waals surface area contributed by atoms with Crippen molar-refractivity contribution < 1.29 is 9.21 Å². The summed E-state index contributed by atoms with van der Waals surface area (Å²) >= 11 is 0. The number of aromatic amines is 1. The summed E-state index contributed by atoms with van der Waals surface area (Å²) < 4.78 is 5.60. The molecule has 3 aromatic heterocycles. The Morgan fingerprint density at radius 1 is 1.29 bits per heavy atom. The van der Waals surface area contributed by atoms with Crippen LogP contribution in [0.3, 0.4) is 0 Å². The van der Waals surface area contributed by atoms with Gasteiger partial charge in [-0.05, 0) is 42.7 Å². The zero-order valence-electron chi connectivity index (χ0n) is 13.6. The van der Waals surface area contributed by atoms with E-state index in [1.165, 1.54) is 0 Å². The predicted molar refractivity (Wildman–Crippen MR) is 91.4 cm³/mol. The molecule has 1 saturated heterocycles. The monoisotopic (exact) mass is 323 g/mol. The lowest BCUT2D eigenvalue weighted by atomic mass is 10.1. The molecule has 0 radical (unpaired) electrons. The molecule has 0 bridgehead atoms. The Bertz CT molecular complexity index is 822. The quantitative estimate of drug-likeness (QED) is 0.796. The van der Waals surface area contributed by atoms with Crippen LogP contribution < -0.4 is 0 Å². The second-order valence-corrected chi connectivity index (χ2v) is 6.36. The number of furan rings is 1. The van der Waals surface area contributed by atoms with E-state index in [9.17, 15) is 4.79 Å². The van der Waals surface area contributed by atoms with Crippen LogP contribution in [-0.4, -0.2) is 27.3 Å². The zero-order chi connectivity index (χ0) is 16.4. The standard InChI is InChI=1S/C19H21N3O2/c23-18(12-14-13-21-19-15(14)6-4-9-20-19)22-10-3-1-2-7-16(22)17-8-5-11-24-17/h4-6,8-9,11,13,16H,1-3,7,10,12H2,(H,20,21)/t16-/m0/s1. The summed E-state index contributed by atoms with van der Waals surface area (Å²) in [4.78, 5) is 22.5. The maximum absolute atomic E-state index is 13.0. The van der Waals surface area contributed by atoms with Gasteiger partial charge >= 0.3 is 0 Å². The van der Waals surface area contributed by atoms with Crippen LogP contribution in [0.25, 0.3) is 11.0 Å². The topological polar surface area (TPSA) is 62.1 Å². The molecular weight excluding hydrogens is 302 g/mol. The van der Waals surface area contributed by atoms with Crippen LogP contribution in [0.4, 0.5) is 0 Å². The first-order valence-corrected chi connectivity index (χ1v) is 8.57. The molecular formula is C19H21N3O2. The number of aromatic nitrogens is 2. The molecule has 5 heteroatoms. The van der Waals surface area contributed by atoms with E-state index in [4.69, 9.17) is 4.42 Å². The van der Waals surface area contributed by atoms with E-state index >= 15 is 0 Å². The Balaban J connectivity index is 1.59. The molecule has 0 saturated carbocycles. The Labute approximate surface area is 140 Å². The van der Waals surface area contributed by atoms with Gasteiger partial charge in [0.25, 0.3) is 0 Å². The molecule has 124 valence electrons. The summed E-state index contributed by atoms with van der Waals surface area (Å²) in [6.07, 6.45) is 10.1. The number of fused-ring (bicyclic) bond motifs is 1. The second kappa shape index (κ2) is 6.51. The number of H-pyrrole nitrogens is 1. The molecule has 0 spiro atoms. The first kappa shape index (κ1) is 15.0.